The summed E-state index contributed by atoms with van der Waals surface area (Å²) in [5.74, 6) is 1.00. The molecule has 5 heteroatoms. The predicted molar refractivity (Wildman–Crippen MR) is 124 cm³/mol. The molecular weight excluding hydrogens is 442 g/mol. The van der Waals surface area contributed by atoms with Gasteiger partial charge >= 0.3 is 0 Å². The molecule has 0 saturated heterocycles. The number of rotatable bonds is 8. The van der Waals surface area contributed by atoms with Crippen LogP contribution < -0.4 is 4.74 Å². The fourth-order valence-corrected chi connectivity index (χ4v) is 5.11. The fourth-order valence-electron chi connectivity index (χ4n) is 4.71. The van der Waals surface area contributed by atoms with E-state index in [0.29, 0.717) is 6.61 Å². The summed E-state index contributed by atoms with van der Waals surface area (Å²) in [6, 6.07) is 10.3. The van der Waals surface area contributed by atoms with E-state index in [-0.39, 0.29) is 17.9 Å². The van der Waals surface area contributed by atoms with Crippen LogP contribution in [-0.2, 0) is 22.6 Å². The van der Waals surface area contributed by atoms with Crippen LogP contribution in [0.5, 0.6) is 5.75 Å². The summed E-state index contributed by atoms with van der Waals surface area (Å²) >= 11 is 3.60. The van der Waals surface area contributed by atoms with E-state index in [9.17, 15) is 4.79 Å². The lowest BCUT2D eigenvalue weighted by molar-refractivity contribution is -0.115. The van der Waals surface area contributed by atoms with Gasteiger partial charge in [-0.05, 0) is 75.2 Å². The summed E-state index contributed by atoms with van der Waals surface area (Å²) in [6.45, 7) is 5.50. The van der Waals surface area contributed by atoms with Crippen molar-refractivity contribution in [2.24, 2.45) is 11.8 Å². The number of benzene rings is 2. The summed E-state index contributed by atoms with van der Waals surface area (Å²) in [7, 11) is 5.78. The second kappa shape index (κ2) is 10.1. The number of nitrogens with zero attached hydrogens (tertiary/aromatic N) is 1. The molecule has 0 spiro atoms. The highest BCUT2D eigenvalue weighted by Crippen LogP contribution is 2.45. The molecule has 3 rings (SSSR count). The lowest BCUT2D eigenvalue weighted by atomic mass is 9.72. The number of ether oxygens (including phenoxy) is 2. The third kappa shape index (κ3) is 4.79. The van der Waals surface area contributed by atoms with Gasteiger partial charge in [0, 0.05) is 35.5 Å². The number of aryl methyl sites for hydroxylation is 1. The number of fused-ring (bicyclic) bond motifs is 1. The third-order valence-corrected chi connectivity index (χ3v) is 6.99. The topological polar surface area (TPSA) is 38.8 Å². The Labute approximate surface area is 188 Å². The lowest BCUT2D eigenvalue weighted by Gasteiger charge is -2.38. The Morgan fingerprint density at radius 1 is 1.27 bits per heavy atom. The van der Waals surface area contributed by atoms with Crippen LogP contribution >= 0.6 is 15.9 Å². The number of hydrogen-bond donors (Lipinski definition) is 0. The van der Waals surface area contributed by atoms with Gasteiger partial charge in [0.05, 0.1) is 6.10 Å². The zero-order valence-corrected chi connectivity index (χ0v) is 20.2. The van der Waals surface area contributed by atoms with Crippen molar-refractivity contribution in [1.29, 1.82) is 0 Å². The Balaban J connectivity index is 1.94. The first-order valence-electron chi connectivity index (χ1n) is 10.5. The number of hydrogen-bond acceptors (Lipinski definition) is 4. The molecule has 2 aromatic carbocycles. The van der Waals surface area contributed by atoms with Crippen LogP contribution in [0.3, 0.4) is 0 Å². The molecule has 30 heavy (non-hydrogen) atoms. The highest BCUT2D eigenvalue weighted by Gasteiger charge is 2.37. The van der Waals surface area contributed by atoms with Gasteiger partial charge in [0.1, 0.15) is 18.6 Å². The van der Waals surface area contributed by atoms with Gasteiger partial charge in [-0.1, -0.05) is 34.1 Å². The zero-order valence-electron chi connectivity index (χ0n) is 18.6. The molecule has 1 aliphatic carbocycles. The normalized spacial score (nSPS) is 19.4. The van der Waals surface area contributed by atoms with E-state index < -0.39 is 0 Å². The summed E-state index contributed by atoms with van der Waals surface area (Å²) in [5.41, 5.74) is 6.02. The first-order chi connectivity index (χ1) is 14.4. The van der Waals surface area contributed by atoms with Gasteiger partial charge in [-0.2, -0.15) is 0 Å². The van der Waals surface area contributed by atoms with Crippen LogP contribution in [0.1, 0.15) is 40.3 Å². The number of carbonyl (C=O) groups excluding carboxylic acids is 1. The number of carbonyl (C=O) groups is 1. The Morgan fingerprint density at radius 3 is 2.63 bits per heavy atom. The maximum Gasteiger partial charge on any atom is 0.124 e. The van der Waals surface area contributed by atoms with Gasteiger partial charge in [0.2, 0.25) is 0 Å². The Morgan fingerprint density at radius 2 is 2.00 bits per heavy atom. The molecule has 0 radical (unpaired) electrons. The second-order valence-electron chi connectivity index (χ2n) is 8.51. The van der Waals surface area contributed by atoms with Crippen molar-refractivity contribution < 1.29 is 14.3 Å². The number of aldehydes is 1. The van der Waals surface area contributed by atoms with E-state index in [0.717, 1.165) is 47.0 Å². The van der Waals surface area contributed by atoms with E-state index in [1.54, 1.807) is 7.11 Å². The zero-order chi connectivity index (χ0) is 21.8. The molecular formula is C25H32BrNO3. The van der Waals surface area contributed by atoms with Gasteiger partial charge < -0.3 is 19.2 Å². The molecule has 0 fully saturated rings. The van der Waals surface area contributed by atoms with Crippen LogP contribution in [0.25, 0.3) is 0 Å². The molecule has 2 unspecified atom stereocenters. The fraction of sp³-hybridized carbons (Fsp3) is 0.480. The van der Waals surface area contributed by atoms with Crippen molar-refractivity contribution in [3.8, 4) is 5.75 Å². The van der Waals surface area contributed by atoms with Gasteiger partial charge in [-0.15, -0.1) is 0 Å². The summed E-state index contributed by atoms with van der Waals surface area (Å²) < 4.78 is 13.3. The molecule has 0 amide bonds. The lowest BCUT2D eigenvalue weighted by Crippen LogP contribution is -2.36. The second-order valence-corrected chi connectivity index (χ2v) is 9.36. The van der Waals surface area contributed by atoms with E-state index >= 15 is 0 Å². The molecule has 1 aliphatic rings. The molecule has 0 saturated carbocycles. The summed E-state index contributed by atoms with van der Waals surface area (Å²) in [6.07, 6.45) is 2.93. The maximum absolute atomic E-state index is 11.9. The largest absolute Gasteiger partial charge is 0.489 e. The first-order valence-corrected chi connectivity index (χ1v) is 11.3. The molecule has 0 aliphatic heterocycles. The van der Waals surface area contributed by atoms with Crippen molar-refractivity contribution in [3.63, 3.8) is 0 Å². The van der Waals surface area contributed by atoms with E-state index in [1.165, 1.54) is 16.7 Å². The van der Waals surface area contributed by atoms with Gasteiger partial charge in [0.15, 0.2) is 0 Å². The minimum Gasteiger partial charge on any atom is -0.489 e. The van der Waals surface area contributed by atoms with Crippen LogP contribution in [0.15, 0.2) is 34.8 Å². The van der Waals surface area contributed by atoms with Crippen molar-refractivity contribution in [1.82, 2.24) is 4.90 Å². The van der Waals surface area contributed by atoms with Crippen molar-refractivity contribution in [3.05, 3.63) is 62.6 Å². The predicted octanol–water partition coefficient (Wildman–Crippen LogP) is 5.27. The molecule has 4 nitrogen and oxygen atoms in total. The van der Waals surface area contributed by atoms with Crippen LogP contribution in [-0.4, -0.2) is 38.9 Å². The molecule has 0 aromatic heterocycles. The number of halogens is 1. The van der Waals surface area contributed by atoms with Crippen molar-refractivity contribution in [2.75, 3.05) is 27.7 Å². The molecule has 0 heterocycles. The number of methoxy groups -OCH3 is 1. The highest BCUT2D eigenvalue weighted by molar-refractivity contribution is 9.10. The monoisotopic (exact) mass is 473 g/mol. The molecule has 0 bridgehead atoms. The van der Waals surface area contributed by atoms with Crippen molar-refractivity contribution >= 4 is 22.2 Å². The highest BCUT2D eigenvalue weighted by atomic mass is 79.9. The molecule has 162 valence electrons. The van der Waals surface area contributed by atoms with Gasteiger partial charge in [-0.3, -0.25) is 0 Å². The minimum atomic E-state index is -0.102. The molecule has 0 N–H and O–H groups in total. The van der Waals surface area contributed by atoms with E-state index in [2.05, 4.69) is 46.8 Å². The Kier molecular flexibility index (Phi) is 7.72. The standard InChI is InChI=1S/C25H32BrNO3/c1-16-12-23(30-15-18-8-6-7-9-22(18)26)17(2)24-20(16)10-11-21(25(24)29-5)19(14-28)13-27(3)4/h6-9,12,14,19,21,25H,10-11,13,15H2,1-5H3/t19?,21?,25-/m1/s1. The van der Waals surface area contributed by atoms with Crippen LogP contribution in [0.4, 0.5) is 0 Å². The van der Waals surface area contributed by atoms with Gasteiger partial charge in [0.25, 0.3) is 0 Å². The quantitative estimate of drug-likeness (QED) is 0.489. The van der Waals surface area contributed by atoms with Crippen LogP contribution in [0, 0.1) is 25.7 Å². The Bertz CT molecular complexity index is 896. The Hall–Kier alpha value is -1.69. The summed E-state index contributed by atoms with van der Waals surface area (Å²) in [5, 5.41) is 0. The average Bonchev–Trinajstić information content (AvgIpc) is 2.73. The molecule has 3 atom stereocenters. The first kappa shape index (κ1) is 23.0. The average molecular weight is 474 g/mol. The summed E-state index contributed by atoms with van der Waals surface area (Å²) in [4.78, 5) is 14.0. The van der Waals surface area contributed by atoms with Crippen molar-refractivity contribution in [2.45, 2.75) is 39.4 Å². The third-order valence-electron chi connectivity index (χ3n) is 6.22. The van der Waals surface area contributed by atoms with E-state index in [1.807, 2.05) is 32.3 Å². The van der Waals surface area contributed by atoms with Gasteiger partial charge in [-0.25, -0.2) is 0 Å². The SMILES string of the molecule is CO[C@H]1c2c(C)c(OCc3ccccc3Br)cc(C)c2CCC1C(C=O)CN(C)C. The van der Waals surface area contributed by atoms with E-state index in [4.69, 9.17) is 9.47 Å². The van der Waals surface area contributed by atoms with Crippen LogP contribution in [0.2, 0.25) is 0 Å². The smallest absolute Gasteiger partial charge is 0.124 e. The minimum absolute atomic E-state index is 0.0531. The molecule has 2 aromatic rings. The maximum atomic E-state index is 11.9.